The molecule has 0 aliphatic rings. The molecule has 0 N–H and O–H groups in total. The number of hydrogen-bond donors (Lipinski definition) is 0. The van der Waals surface area contributed by atoms with E-state index >= 15 is 0 Å². The largest absolute Gasteiger partial charge is 0.416 e. The molecule has 0 bridgehead atoms. The van der Waals surface area contributed by atoms with Crippen molar-refractivity contribution in [3.63, 3.8) is 0 Å². The molecule has 0 unspecified atom stereocenters. The Kier molecular flexibility index (Phi) is 8.77. The average molecular weight is 312 g/mol. The lowest BCUT2D eigenvalue weighted by Crippen LogP contribution is -2.47. The Morgan fingerprint density at radius 3 is 1.70 bits per heavy atom. The Morgan fingerprint density at radius 1 is 0.900 bits per heavy atom. The molecule has 0 atom stereocenters. The summed E-state index contributed by atoms with van der Waals surface area (Å²) in [5.41, 5.74) is 2.03. The zero-order valence-corrected chi connectivity index (χ0v) is 17.5. The molecule has 0 saturated carbocycles. The summed E-state index contributed by atoms with van der Waals surface area (Å²) in [6.07, 6.45) is 2.08. The molecule has 3 heteroatoms. The van der Waals surface area contributed by atoms with E-state index in [4.69, 9.17) is 4.43 Å². The van der Waals surface area contributed by atoms with Gasteiger partial charge in [-0.25, -0.2) is 0 Å². The topological polar surface area (TPSA) is 9.23 Å². The van der Waals surface area contributed by atoms with Gasteiger partial charge >= 0.3 is 0 Å². The van der Waals surface area contributed by atoms with Gasteiger partial charge in [-0.05, 0) is 23.0 Å². The summed E-state index contributed by atoms with van der Waals surface area (Å²) >= 11 is -1.46. The number of unbranched alkanes of at least 4 members (excludes halogenated alkanes) is 1. The highest BCUT2D eigenvalue weighted by molar-refractivity contribution is 6.83. The molecule has 1 nitrogen and oxygen atoms in total. The second-order valence-electron chi connectivity index (χ2n) is 8.19. The van der Waals surface area contributed by atoms with Crippen molar-refractivity contribution in [1.82, 2.24) is 0 Å². The first-order valence-corrected chi connectivity index (χ1v) is 14.6. The minimum absolute atomic E-state index is 0.678. The van der Waals surface area contributed by atoms with Crippen LogP contribution in [-0.2, 0) is 4.43 Å². The number of hydrogen-bond acceptors (Lipinski definition) is 1. The lowest BCUT2D eigenvalue weighted by atomic mass is 10.3. The zero-order chi connectivity index (χ0) is 16.0. The first-order valence-electron chi connectivity index (χ1n) is 8.45. The summed E-state index contributed by atoms with van der Waals surface area (Å²) in [5, 5.41) is 0. The van der Waals surface area contributed by atoms with Crippen LogP contribution in [0.4, 0.5) is 0 Å². The van der Waals surface area contributed by atoms with Crippen molar-refractivity contribution in [1.29, 1.82) is 0 Å². The Bertz CT molecular complexity index is 309. The van der Waals surface area contributed by atoms with Crippen molar-refractivity contribution in [3.8, 4) is 10.7 Å². The summed E-state index contributed by atoms with van der Waals surface area (Å²) in [4.78, 5) is 3.46. The monoisotopic (exact) mass is 311 g/mol. The smallest absolute Gasteiger partial charge is 0.215 e. The van der Waals surface area contributed by atoms with E-state index < -0.39 is 21.4 Å². The molecular weight excluding hydrogens is 275 g/mol. The van der Waals surface area contributed by atoms with Crippen molar-refractivity contribution in [2.75, 3.05) is 6.61 Å². The maximum Gasteiger partial charge on any atom is 0.215 e. The average Bonchev–Trinajstić information content (AvgIpc) is 2.24. The normalized spacial score (nSPS) is 13.0. The van der Waals surface area contributed by atoms with Gasteiger partial charge in [-0.3, -0.25) is 0 Å². The Hall–Kier alpha value is 0.269. The van der Waals surface area contributed by atoms with Crippen molar-refractivity contribution < 1.29 is 4.43 Å². The Balaban J connectivity index is 4.46. The first-order chi connectivity index (χ1) is 9.04. The summed E-state index contributed by atoms with van der Waals surface area (Å²) in [6.45, 7) is 15.0. The second kappa shape index (κ2) is 8.65. The van der Waals surface area contributed by atoms with Crippen LogP contribution >= 0.6 is 0 Å². The molecule has 0 amide bonds. The van der Waals surface area contributed by atoms with Gasteiger partial charge in [0.25, 0.3) is 0 Å². The predicted octanol–water partition coefficient (Wildman–Crippen LogP) is 5.84. The Morgan fingerprint density at radius 2 is 1.35 bits per heavy atom. The van der Waals surface area contributed by atoms with Crippen LogP contribution in [0.15, 0.2) is 0 Å². The van der Waals surface area contributed by atoms with Gasteiger partial charge in [0.2, 0.25) is 13.1 Å². The van der Waals surface area contributed by atoms with Crippen molar-refractivity contribution in [2.24, 2.45) is 0 Å². The second-order valence-corrected chi connectivity index (χ2v) is 19.1. The third-order valence-corrected chi connectivity index (χ3v) is 11.2. The van der Waals surface area contributed by atoms with Crippen LogP contribution in [0, 0.1) is 10.7 Å². The van der Waals surface area contributed by atoms with Crippen molar-refractivity contribution in [2.45, 2.75) is 88.4 Å². The zero-order valence-electron chi connectivity index (χ0n) is 15.3. The maximum absolute atomic E-state index is 6.53. The van der Waals surface area contributed by atoms with Gasteiger partial charge in [0, 0.05) is 13.0 Å². The van der Waals surface area contributed by atoms with Crippen molar-refractivity contribution >= 4 is 21.4 Å². The van der Waals surface area contributed by atoms with E-state index in [1.54, 1.807) is 0 Å². The van der Waals surface area contributed by atoms with Gasteiger partial charge in [0.1, 0.15) is 0 Å². The summed E-state index contributed by atoms with van der Waals surface area (Å²) in [5.74, 6) is 10.3. The van der Waals surface area contributed by atoms with E-state index in [9.17, 15) is 0 Å². The van der Waals surface area contributed by atoms with E-state index in [1.807, 2.05) is 0 Å². The van der Waals surface area contributed by atoms with E-state index in [-0.39, 0.29) is 0 Å². The minimum atomic E-state index is -1.66. The van der Waals surface area contributed by atoms with Gasteiger partial charge in [0.15, 0.2) is 8.32 Å². The fraction of sp³-hybridized carbons (Fsp3) is 0.882. The van der Waals surface area contributed by atoms with E-state index in [2.05, 4.69) is 69.6 Å². The molecule has 0 heterocycles. The third-order valence-electron chi connectivity index (χ3n) is 4.04. The summed E-state index contributed by atoms with van der Waals surface area (Å²) < 4.78 is 6.53. The molecule has 0 aliphatic heterocycles. The van der Waals surface area contributed by atoms with Gasteiger partial charge in [-0.2, -0.15) is 23.3 Å². The minimum Gasteiger partial charge on any atom is -0.416 e. The standard InChI is InChI=1S/C14H27OSi.3CH3.Al/c1-8-9-10-11-15-16(12(2)3,13(4)5)14(6)7;;;;/h12-14H,9-11H2,2-7H3;3*1H3;/q;;;;-1. The molecule has 20 heavy (non-hydrogen) atoms. The highest BCUT2D eigenvalue weighted by atomic mass is 28.4. The fourth-order valence-electron chi connectivity index (χ4n) is 3.29. The maximum atomic E-state index is 6.53. The molecular formula is C17H36AlOSi-. The van der Waals surface area contributed by atoms with Crippen LogP contribution in [0.1, 0.15) is 54.4 Å². The van der Waals surface area contributed by atoms with Crippen LogP contribution < -0.4 is 0 Å². The van der Waals surface area contributed by atoms with Gasteiger partial charge in [0.05, 0.1) is 0 Å². The van der Waals surface area contributed by atoms with Gasteiger partial charge in [-0.1, -0.05) is 41.5 Å². The summed E-state index contributed by atoms with van der Waals surface area (Å²) in [6, 6.07) is 0. The van der Waals surface area contributed by atoms with Gasteiger partial charge < -0.3 is 9.21 Å². The van der Waals surface area contributed by atoms with E-state index in [0.717, 1.165) is 19.4 Å². The molecule has 0 radical (unpaired) electrons. The Labute approximate surface area is 131 Å². The quantitative estimate of drug-likeness (QED) is 0.326. The highest BCUT2D eigenvalue weighted by Gasteiger charge is 2.44. The highest BCUT2D eigenvalue weighted by Crippen LogP contribution is 2.42. The molecule has 0 spiro atoms. The van der Waals surface area contributed by atoms with Crippen LogP contribution in [0.5, 0.6) is 0 Å². The molecule has 0 saturated heterocycles. The lowest BCUT2D eigenvalue weighted by molar-refractivity contribution is 0.274. The molecule has 0 rings (SSSR count). The number of rotatable bonds is 7. The SMILES string of the molecule is CC(C)[Si](OCCCC#[C][Al-]([CH3])([CH3])[CH3])(C(C)C)C(C)C. The molecule has 0 aromatic carbocycles. The van der Waals surface area contributed by atoms with Gasteiger partial charge in [-0.15, -0.1) is 0 Å². The molecule has 0 aromatic rings. The predicted molar refractivity (Wildman–Crippen MR) is 97.4 cm³/mol. The molecule has 0 fully saturated rings. The first kappa shape index (κ1) is 20.3. The van der Waals surface area contributed by atoms with Crippen LogP contribution in [0.3, 0.4) is 0 Å². The molecule has 0 aliphatic carbocycles. The van der Waals surface area contributed by atoms with E-state index in [1.165, 1.54) is 0 Å². The van der Waals surface area contributed by atoms with Crippen LogP contribution in [-0.4, -0.2) is 28.0 Å². The summed E-state index contributed by atoms with van der Waals surface area (Å²) in [7, 11) is -1.66. The van der Waals surface area contributed by atoms with Crippen LogP contribution in [0.25, 0.3) is 0 Å². The fourth-order valence-corrected chi connectivity index (χ4v) is 9.54. The van der Waals surface area contributed by atoms with Crippen LogP contribution in [0.2, 0.25) is 34.0 Å². The van der Waals surface area contributed by atoms with Crippen molar-refractivity contribution in [3.05, 3.63) is 0 Å². The third kappa shape index (κ3) is 6.36. The molecule has 118 valence electrons. The lowest BCUT2D eigenvalue weighted by Gasteiger charge is -2.42. The van der Waals surface area contributed by atoms with E-state index in [0.29, 0.717) is 16.6 Å². The molecule has 0 aromatic heterocycles.